The van der Waals surface area contributed by atoms with E-state index in [9.17, 15) is 9.59 Å². The van der Waals surface area contributed by atoms with Crippen molar-refractivity contribution < 1.29 is 4.79 Å². The fourth-order valence-corrected chi connectivity index (χ4v) is 2.98. The standard InChI is InChI=1S/C19H23N3O2/c1-3-14(2)20-18(23)11-7-13-22-16-9-5-4-8-15(16)21-12-6-10-17(21)19(22)24/h4-6,8-10,12,14H,3,7,11,13H2,1-2H3,(H,20,23). The molecule has 1 amide bonds. The van der Waals surface area contributed by atoms with Crippen LogP contribution < -0.4 is 10.9 Å². The van der Waals surface area contributed by atoms with Gasteiger partial charge in [-0.2, -0.15) is 0 Å². The van der Waals surface area contributed by atoms with Crippen LogP contribution in [-0.2, 0) is 11.3 Å². The van der Waals surface area contributed by atoms with Gasteiger partial charge in [-0.15, -0.1) is 0 Å². The Morgan fingerprint density at radius 1 is 1.12 bits per heavy atom. The van der Waals surface area contributed by atoms with Crippen molar-refractivity contribution in [3.63, 3.8) is 0 Å². The van der Waals surface area contributed by atoms with E-state index < -0.39 is 0 Å². The monoisotopic (exact) mass is 325 g/mol. The molecule has 0 aliphatic heterocycles. The number of rotatable bonds is 6. The SMILES string of the molecule is CCC(C)NC(=O)CCCn1c(=O)c2cccn2c2ccccc21. The molecule has 1 aromatic carbocycles. The maximum atomic E-state index is 12.7. The van der Waals surface area contributed by atoms with Gasteiger partial charge in [0.2, 0.25) is 5.91 Å². The maximum Gasteiger partial charge on any atom is 0.275 e. The number of carbonyl (C=O) groups excluding carboxylic acids is 1. The van der Waals surface area contributed by atoms with Crippen molar-refractivity contribution in [2.24, 2.45) is 0 Å². The summed E-state index contributed by atoms with van der Waals surface area (Å²) in [5.74, 6) is 0.0467. The largest absolute Gasteiger partial charge is 0.354 e. The quantitative estimate of drug-likeness (QED) is 0.757. The fraction of sp³-hybridized carbons (Fsp3) is 0.368. The van der Waals surface area contributed by atoms with Gasteiger partial charge in [-0.05, 0) is 44.0 Å². The Morgan fingerprint density at radius 2 is 1.83 bits per heavy atom. The van der Waals surface area contributed by atoms with E-state index in [2.05, 4.69) is 5.32 Å². The van der Waals surface area contributed by atoms with Gasteiger partial charge in [-0.3, -0.25) is 9.59 Å². The van der Waals surface area contributed by atoms with Gasteiger partial charge in [0.1, 0.15) is 5.52 Å². The van der Waals surface area contributed by atoms with E-state index in [4.69, 9.17) is 0 Å². The molecule has 0 fully saturated rings. The lowest BCUT2D eigenvalue weighted by molar-refractivity contribution is -0.121. The zero-order valence-electron chi connectivity index (χ0n) is 14.2. The van der Waals surface area contributed by atoms with Crippen LogP contribution in [0.2, 0.25) is 0 Å². The second-order valence-electron chi connectivity index (χ2n) is 6.19. The average Bonchev–Trinajstić information content (AvgIpc) is 3.08. The summed E-state index contributed by atoms with van der Waals surface area (Å²) in [6.45, 7) is 4.58. The first kappa shape index (κ1) is 16.3. The Kier molecular flexibility index (Phi) is 4.69. The molecule has 2 heterocycles. The van der Waals surface area contributed by atoms with E-state index in [-0.39, 0.29) is 17.5 Å². The summed E-state index contributed by atoms with van der Waals surface area (Å²) in [4.78, 5) is 24.7. The highest BCUT2D eigenvalue weighted by Crippen LogP contribution is 2.15. The van der Waals surface area contributed by atoms with Crippen LogP contribution in [0.15, 0.2) is 47.4 Å². The number of hydrogen-bond donors (Lipinski definition) is 1. The van der Waals surface area contributed by atoms with Crippen LogP contribution >= 0.6 is 0 Å². The molecule has 0 saturated carbocycles. The second kappa shape index (κ2) is 6.91. The molecular formula is C19H23N3O2. The van der Waals surface area contributed by atoms with E-state index in [0.717, 1.165) is 17.5 Å². The molecule has 0 bridgehead atoms. The molecule has 24 heavy (non-hydrogen) atoms. The first-order chi connectivity index (χ1) is 11.6. The molecule has 0 saturated heterocycles. The third-order valence-corrected chi connectivity index (χ3v) is 4.45. The molecule has 5 heteroatoms. The summed E-state index contributed by atoms with van der Waals surface area (Å²) < 4.78 is 3.70. The zero-order valence-corrected chi connectivity index (χ0v) is 14.2. The molecule has 3 rings (SSSR count). The van der Waals surface area contributed by atoms with Crippen molar-refractivity contribution >= 4 is 22.5 Å². The van der Waals surface area contributed by atoms with Crippen LogP contribution in [0.3, 0.4) is 0 Å². The Balaban J connectivity index is 1.85. The molecule has 1 N–H and O–H groups in total. The van der Waals surface area contributed by atoms with E-state index >= 15 is 0 Å². The molecule has 3 aromatic rings. The van der Waals surface area contributed by atoms with Crippen molar-refractivity contribution in [2.45, 2.75) is 45.7 Å². The summed E-state index contributed by atoms with van der Waals surface area (Å²) in [6.07, 6.45) is 3.89. The van der Waals surface area contributed by atoms with Crippen LogP contribution in [0.4, 0.5) is 0 Å². The van der Waals surface area contributed by atoms with Gasteiger partial charge in [0.25, 0.3) is 5.56 Å². The summed E-state index contributed by atoms with van der Waals surface area (Å²) in [5.41, 5.74) is 2.55. The lowest BCUT2D eigenvalue weighted by Crippen LogP contribution is -2.32. The Hall–Kier alpha value is -2.56. The molecule has 126 valence electrons. The van der Waals surface area contributed by atoms with Gasteiger partial charge in [0, 0.05) is 25.2 Å². The van der Waals surface area contributed by atoms with E-state index in [0.29, 0.717) is 24.9 Å². The van der Waals surface area contributed by atoms with Crippen LogP contribution in [-0.4, -0.2) is 20.9 Å². The summed E-state index contributed by atoms with van der Waals surface area (Å²) >= 11 is 0. The number of benzene rings is 1. The minimum atomic E-state index is -0.0129. The van der Waals surface area contributed by atoms with Crippen LogP contribution in [0.1, 0.15) is 33.1 Å². The maximum absolute atomic E-state index is 12.7. The first-order valence-electron chi connectivity index (χ1n) is 8.49. The number of nitrogens with one attached hydrogen (secondary N) is 1. The summed E-state index contributed by atoms with van der Waals surface area (Å²) in [7, 11) is 0. The van der Waals surface area contributed by atoms with Gasteiger partial charge in [0.05, 0.1) is 11.0 Å². The highest BCUT2D eigenvalue weighted by molar-refractivity contribution is 5.79. The van der Waals surface area contributed by atoms with Gasteiger partial charge < -0.3 is 14.3 Å². The van der Waals surface area contributed by atoms with Crippen LogP contribution in [0.5, 0.6) is 0 Å². The van der Waals surface area contributed by atoms with Crippen molar-refractivity contribution in [3.05, 3.63) is 52.9 Å². The Morgan fingerprint density at radius 3 is 2.58 bits per heavy atom. The number of aryl methyl sites for hydroxylation is 1. The molecular weight excluding hydrogens is 302 g/mol. The van der Waals surface area contributed by atoms with E-state index in [1.54, 1.807) is 4.57 Å². The number of para-hydroxylation sites is 2. The van der Waals surface area contributed by atoms with Gasteiger partial charge in [-0.25, -0.2) is 0 Å². The number of nitrogens with zero attached hydrogens (tertiary/aromatic N) is 2. The van der Waals surface area contributed by atoms with Gasteiger partial charge >= 0.3 is 0 Å². The van der Waals surface area contributed by atoms with Crippen LogP contribution in [0, 0.1) is 0 Å². The number of amides is 1. The second-order valence-corrected chi connectivity index (χ2v) is 6.19. The number of aromatic nitrogens is 2. The fourth-order valence-electron chi connectivity index (χ4n) is 2.98. The molecule has 0 aliphatic rings. The molecule has 1 atom stereocenters. The highest BCUT2D eigenvalue weighted by Gasteiger charge is 2.11. The Labute approximate surface area is 140 Å². The van der Waals surface area contributed by atoms with Gasteiger partial charge in [-0.1, -0.05) is 19.1 Å². The van der Waals surface area contributed by atoms with Crippen LogP contribution in [0.25, 0.3) is 16.6 Å². The predicted octanol–water partition coefficient (Wildman–Crippen LogP) is 2.95. The third-order valence-electron chi connectivity index (χ3n) is 4.45. The van der Waals surface area contributed by atoms with E-state index in [1.807, 2.05) is 60.8 Å². The molecule has 0 radical (unpaired) electrons. The van der Waals surface area contributed by atoms with Crippen molar-refractivity contribution in [2.75, 3.05) is 0 Å². The van der Waals surface area contributed by atoms with Crippen molar-refractivity contribution in [3.8, 4) is 0 Å². The molecule has 0 spiro atoms. The lowest BCUT2D eigenvalue weighted by atomic mass is 10.2. The van der Waals surface area contributed by atoms with E-state index in [1.165, 1.54) is 0 Å². The molecule has 0 aliphatic carbocycles. The summed E-state index contributed by atoms with van der Waals surface area (Å²) in [5, 5.41) is 2.96. The van der Waals surface area contributed by atoms with Gasteiger partial charge in [0.15, 0.2) is 0 Å². The summed E-state index contributed by atoms with van der Waals surface area (Å²) in [6, 6.07) is 11.8. The minimum Gasteiger partial charge on any atom is -0.354 e. The number of hydrogen-bond acceptors (Lipinski definition) is 2. The zero-order chi connectivity index (χ0) is 17.1. The smallest absolute Gasteiger partial charge is 0.275 e. The molecule has 5 nitrogen and oxygen atoms in total. The Bertz CT molecular complexity index is 923. The topological polar surface area (TPSA) is 55.5 Å². The minimum absolute atomic E-state index is 0.0129. The lowest BCUT2D eigenvalue weighted by Gasteiger charge is -2.14. The third kappa shape index (κ3) is 3.07. The molecule has 1 unspecified atom stereocenters. The van der Waals surface area contributed by atoms with Crippen molar-refractivity contribution in [1.29, 1.82) is 0 Å². The first-order valence-corrected chi connectivity index (χ1v) is 8.49. The number of carbonyl (C=O) groups is 1. The molecule has 2 aromatic heterocycles. The predicted molar refractivity (Wildman–Crippen MR) is 96.3 cm³/mol. The number of fused-ring (bicyclic) bond motifs is 3. The normalized spacial score (nSPS) is 12.6. The average molecular weight is 325 g/mol. The highest BCUT2D eigenvalue weighted by atomic mass is 16.1. The van der Waals surface area contributed by atoms with Crippen molar-refractivity contribution in [1.82, 2.24) is 14.3 Å².